The van der Waals surface area contributed by atoms with Crippen LogP contribution in [-0.2, 0) is 13.0 Å². The van der Waals surface area contributed by atoms with Gasteiger partial charge in [0.25, 0.3) is 0 Å². The van der Waals surface area contributed by atoms with Crippen molar-refractivity contribution in [3.8, 4) is 0 Å². The fourth-order valence-electron chi connectivity index (χ4n) is 2.67. The predicted molar refractivity (Wildman–Crippen MR) is 83.7 cm³/mol. The Morgan fingerprint density at radius 2 is 2.05 bits per heavy atom. The first-order valence-electron chi connectivity index (χ1n) is 7.49. The van der Waals surface area contributed by atoms with Gasteiger partial charge in [0.2, 0.25) is 0 Å². The molecule has 19 heavy (non-hydrogen) atoms. The second-order valence-electron chi connectivity index (χ2n) is 5.67. The van der Waals surface area contributed by atoms with Gasteiger partial charge >= 0.3 is 0 Å². The van der Waals surface area contributed by atoms with Crippen molar-refractivity contribution in [1.82, 2.24) is 4.57 Å². The highest BCUT2D eigenvalue weighted by Gasteiger charge is 2.10. The molecule has 2 N–H and O–H groups in total. The van der Waals surface area contributed by atoms with Crippen LogP contribution in [0.4, 0.5) is 0 Å². The molecule has 0 aliphatic carbocycles. The highest BCUT2D eigenvalue weighted by Crippen LogP contribution is 2.27. The zero-order chi connectivity index (χ0) is 13.8. The number of fused-ring (bicyclic) bond motifs is 1. The zero-order valence-corrected chi connectivity index (χ0v) is 12.4. The fourth-order valence-corrected chi connectivity index (χ4v) is 2.67. The van der Waals surface area contributed by atoms with Crippen LogP contribution in [0.2, 0.25) is 0 Å². The molecule has 2 rings (SSSR count). The van der Waals surface area contributed by atoms with E-state index in [-0.39, 0.29) is 0 Å². The van der Waals surface area contributed by atoms with Crippen molar-refractivity contribution >= 4 is 10.9 Å². The average molecular weight is 258 g/mol. The largest absolute Gasteiger partial charge is 0.347 e. The van der Waals surface area contributed by atoms with E-state index in [1.54, 1.807) is 0 Å². The standard InChI is InChI=1S/C17H26N2/c1-4-10-19-12-15(6-5-9-18)16-11-14(13(2)3)7-8-17(16)19/h7-8,11-13H,4-6,9-10,18H2,1-3H3. The molecule has 0 aliphatic rings. The molecule has 2 aromatic rings. The summed E-state index contributed by atoms with van der Waals surface area (Å²) < 4.78 is 2.39. The second kappa shape index (κ2) is 6.25. The van der Waals surface area contributed by atoms with Crippen LogP contribution in [0.25, 0.3) is 10.9 Å². The molecule has 104 valence electrons. The van der Waals surface area contributed by atoms with Crippen molar-refractivity contribution in [3.63, 3.8) is 0 Å². The topological polar surface area (TPSA) is 30.9 Å². The maximum absolute atomic E-state index is 5.66. The Labute approximate surface area is 116 Å². The first kappa shape index (κ1) is 14.1. The number of aryl methyl sites for hydroxylation is 2. The summed E-state index contributed by atoms with van der Waals surface area (Å²) in [5.41, 5.74) is 9.91. The molecule has 1 aromatic heterocycles. The Morgan fingerprint density at radius 3 is 2.68 bits per heavy atom. The number of nitrogens with zero attached hydrogens (tertiary/aromatic N) is 1. The van der Waals surface area contributed by atoms with Gasteiger partial charge in [-0.05, 0) is 55.0 Å². The second-order valence-corrected chi connectivity index (χ2v) is 5.67. The van der Waals surface area contributed by atoms with Gasteiger partial charge in [0.05, 0.1) is 0 Å². The number of benzene rings is 1. The lowest BCUT2D eigenvalue weighted by Gasteiger charge is -2.07. The molecule has 0 saturated carbocycles. The van der Waals surface area contributed by atoms with Crippen molar-refractivity contribution in [3.05, 3.63) is 35.5 Å². The third kappa shape index (κ3) is 3.01. The first-order chi connectivity index (χ1) is 9.17. The van der Waals surface area contributed by atoms with Crippen molar-refractivity contribution in [2.45, 2.75) is 52.5 Å². The van der Waals surface area contributed by atoms with Gasteiger partial charge in [0.1, 0.15) is 0 Å². The Hall–Kier alpha value is -1.28. The molecule has 1 aromatic carbocycles. The zero-order valence-electron chi connectivity index (χ0n) is 12.4. The third-order valence-electron chi connectivity index (χ3n) is 3.77. The molecule has 0 aliphatic heterocycles. The summed E-state index contributed by atoms with van der Waals surface area (Å²) in [6.45, 7) is 8.60. The minimum Gasteiger partial charge on any atom is -0.347 e. The minimum absolute atomic E-state index is 0.585. The van der Waals surface area contributed by atoms with Gasteiger partial charge < -0.3 is 10.3 Å². The van der Waals surface area contributed by atoms with Crippen molar-refractivity contribution in [2.24, 2.45) is 5.73 Å². The summed E-state index contributed by atoms with van der Waals surface area (Å²) in [6, 6.07) is 6.93. The summed E-state index contributed by atoms with van der Waals surface area (Å²) in [7, 11) is 0. The number of hydrogen-bond donors (Lipinski definition) is 1. The normalized spacial score (nSPS) is 11.6. The molecule has 0 spiro atoms. The van der Waals surface area contributed by atoms with E-state index in [2.05, 4.69) is 49.7 Å². The van der Waals surface area contributed by atoms with Gasteiger partial charge in [-0.3, -0.25) is 0 Å². The molecule has 0 amide bonds. The summed E-state index contributed by atoms with van der Waals surface area (Å²) in [5.74, 6) is 0.585. The minimum atomic E-state index is 0.585. The van der Waals surface area contributed by atoms with Crippen molar-refractivity contribution in [2.75, 3.05) is 6.54 Å². The number of nitrogens with two attached hydrogens (primary N) is 1. The lowest BCUT2D eigenvalue weighted by atomic mass is 9.99. The van der Waals surface area contributed by atoms with Crippen LogP contribution in [0.5, 0.6) is 0 Å². The molecular weight excluding hydrogens is 232 g/mol. The SMILES string of the molecule is CCCn1cc(CCCN)c2cc(C(C)C)ccc21. The number of hydrogen-bond acceptors (Lipinski definition) is 1. The van der Waals surface area contributed by atoms with E-state index in [4.69, 9.17) is 5.73 Å². The van der Waals surface area contributed by atoms with Crippen molar-refractivity contribution in [1.29, 1.82) is 0 Å². The average Bonchev–Trinajstić information content (AvgIpc) is 2.74. The Kier molecular flexibility index (Phi) is 4.65. The van der Waals surface area contributed by atoms with Crippen LogP contribution in [-0.4, -0.2) is 11.1 Å². The Bertz CT molecular complexity index is 537. The van der Waals surface area contributed by atoms with E-state index in [0.29, 0.717) is 5.92 Å². The molecule has 0 bridgehead atoms. The summed E-state index contributed by atoms with van der Waals surface area (Å²) in [6.07, 6.45) is 5.66. The lowest BCUT2D eigenvalue weighted by molar-refractivity contribution is 0.699. The molecule has 2 heteroatoms. The molecule has 0 atom stereocenters. The quantitative estimate of drug-likeness (QED) is 0.832. The van der Waals surface area contributed by atoms with Crippen LogP contribution in [0, 0.1) is 0 Å². The maximum atomic E-state index is 5.66. The summed E-state index contributed by atoms with van der Waals surface area (Å²) in [5, 5.41) is 1.42. The maximum Gasteiger partial charge on any atom is 0.0483 e. The first-order valence-corrected chi connectivity index (χ1v) is 7.49. The Balaban J connectivity index is 2.48. The van der Waals surface area contributed by atoms with Crippen LogP contribution in [0.15, 0.2) is 24.4 Å². The lowest BCUT2D eigenvalue weighted by Crippen LogP contribution is -2.00. The van der Waals surface area contributed by atoms with Crippen LogP contribution >= 0.6 is 0 Å². The van der Waals surface area contributed by atoms with Gasteiger partial charge in [0, 0.05) is 23.6 Å². The van der Waals surface area contributed by atoms with E-state index in [9.17, 15) is 0 Å². The van der Waals surface area contributed by atoms with Gasteiger partial charge in [-0.15, -0.1) is 0 Å². The highest BCUT2D eigenvalue weighted by molar-refractivity contribution is 5.85. The van der Waals surface area contributed by atoms with E-state index < -0.39 is 0 Å². The van der Waals surface area contributed by atoms with E-state index in [1.807, 2.05) is 0 Å². The smallest absolute Gasteiger partial charge is 0.0483 e. The molecular formula is C17H26N2. The molecule has 0 fully saturated rings. The molecule has 0 saturated heterocycles. The van der Waals surface area contributed by atoms with Gasteiger partial charge in [-0.2, -0.15) is 0 Å². The molecule has 1 heterocycles. The summed E-state index contributed by atoms with van der Waals surface area (Å²) in [4.78, 5) is 0. The van der Waals surface area contributed by atoms with E-state index in [0.717, 1.165) is 25.9 Å². The monoisotopic (exact) mass is 258 g/mol. The van der Waals surface area contributed by atoms with E-state index >= 15 is 0 Å². The van der Waals surface area contributed by atoms with Crippen LogP contribution in [0.3, 0.4) is 0 Å². The fraction of sp³-hybridized carbons (Fsp3) is 0.529. The number of rotatable bonds is 6. The Morgan fingerprint density at radius 1 is 1.26 bits per heavy atom. The van der Waals surface area contributed by atoms with Gasteiger partial charge in [-0.25, -0.2) is 0 Å². The predicted octanol–water partition coefficient (Wildman–Crippen LogP) is 4.07. The van der Waals surface area contributed by atoms with Crippen LogP contribution < -0.4 is 5.73 Å². The van der Waals surface area contributed by atoms with E-state index in [1.165, 1.54) is 28.5 Å². The highest BCUT2D eigenvalue weighted by atomic mass is 15.0. The van der Waals surface area contributed by atoms with Gasteiger partial charge in [-0.1, -0.05) is 26.8 Å². The number of aromatic nitrogens is 1. The molecule has 0 unspecified atom stereocenters. The van der Waals surface area contributed by atoms with Crippen molar-refractivity contribution < 1.29 is 0 Å². The molecule has 0 radical (unpaired) electrons. The summed E-state index contributed by atoms with van der Waals surface area (Å²) >= 11 is 0. The third-order valence-corrected chi connectivity index (χ3v) is 3.77. The van der Waals surface area contributed by atoms with Gasteiger partial charge in [0.15, 0.2) is 0 Å². The van der Waals surface area contributed by atoms with Crippen LogP contribution in [0.1, 0.15) is 50.7 Å². The molecule has 2 nitrogen and oxygen atoms in total.